The quantitative estimate of drug-likeness (QED) is 0.875. The van der Waals surface area contributed by atoms with Crippen LogP contribution >= 0.6 is 11.3 Å². The SMILES string of the molecule is CNC(=O)Cc1csc(NC(=O)c2cc3c(nn2)CCC3)n1. The van der Waals surface area contributed by atoms with Crippen LogP contribution in [0.2, 0.25) is 0 Å². The molecule has 22 heavy (non-hydrogen) atoms. The van der Waals surface area contributed by atoms with Gasteiger partial charge in [-0.05, 0) is 30.9 Å². The molecular formula is C14H15N5O2S. The first kappa shape index (κ1) is 14.6. The van der Waals surface area contributed by atoms with E-state index in [0.29, 0.717) is 16.5 Å². The maximum Gasteiger partial charge on any atom is 0.277 e. The lowest BCUT2D eigenvalue weighted by Crippen LogP contribution is -2.20. The number of fused-ring (bicyclic) bond motifs is 1. The van der Waals surface area contributed by atoms with Crippen molar-refractivity contribution in [3.63, 3.8) is 0 Å². The highest BCUT2D eigenvalue weighted by atomic mass is 32.1. The van der Waals surface area contributed by atoms with Crippen molar-refractivity contribution in [3.05, 3.63) is 34.1 Å². The zero-order valence-corrected chi connectivity index (χ0v) is 12.9. The van der Waals surface area contributed by atoms with Crippen molar-refractivity contribution in [2.45, 2.75) is 25.7 Å². The van der Waals surface area contributed by atoms with Crippen LogP contribution in [0.4, 0.5) is 5.13 Å². The molecule has 7 nitrogen and oxygen atoms in total. The number of rotatable bonds is 4. The van der Waals surface area contributed by atoms with E-state index in [0.717, 1.165) is 30.5 Å². The van der Waals surface area contributed by atoms with Gasteiger partial charge in [0, 0.05) is 12.4 Å². The summed E-state index contributed by atoms with van der Waals surface area (Å²) in [4.78, 5) is 27.7. The number of amides is 2. The number of hydrogen-bond donors (Lipinski definition) is 2. The molecule has 8 heteroatoms. The van der Waals surface area contributed by atoms with E-state index in [2.05, 4.69) is 25.8 Å². The van der Waals surface area contributed by atoms with E-state index in [1.165, 1.54) is 11.3 Å². The number of thiazole rings is 1. The van der Waals surface area contributed by atoms with Gasteiger partial charge in [0.05, 0.1) is 17.8 Å². The van der Waals surface area contributed by atoms with Crippen molar-refractivity contribution in [1.82, 2.24) is 20.5 Å². The fraction of sp³-hybridized carbons (Fsp3) is 0.357. The maximum atomic E-state index is 12.2. The van der Waals surface area contributed by atoms with Gasteiger partial charge in [0.1, 0.15) is 0 Å². The first-order chi connectivity index (χ1) is 10.7. The molecule has 2 aromatic rings. The van der Waals surface area contributed by atoms with Crippen LogP contribution in [0.3, 0.4) is 0 Å². The predicted octanol–water partition coefficient (Wildman–Crippen LogP) is 0.963. The number of aryl methyl sites for hydroxylation is 2. The van der Waals surface area contributed by atoms with Crippen LogP contribution in [-0.2, 0) is 24.1 Å². The first-order valence-electron chi connectivity index (χ1n) is 6.97. The van der Waals surface area contributed by atoms with Gasteiger partial charge in [0.2, 0.25) is 5.91 Å². The Balaban J connectivity index is 1.68. The second-order valence-corrected chi connectivity index (χ2v) is 5.86. The highest BCUT2D eigenvalue weighted by Crippen LogP contribution is 2.20. The summed E-state index contributed by atoms with van der Waals surface area (Å²) >= 11 is 1.28. The Hall–Kier alpha value is -2.35. The molecule has 0 atom stereocenters. The molecule has 1 aliphatic carbocycles. The molecule has 1 aliphatic rings. The number of nitrogens with zero attached hydrogens (tertiary/aromatic N) is 3. The molecule has 0 radical (unpaired) electrons. The topological polar surface area (TPSA) is 96.9 Å². The Bertz CT molecular complexity index is 728. The molecule has 0 aromatic carbocycles. The minimum atomic E-state index is -0.331. The second-order valence-electron chi connectivity index (χ2n) is 5.00. The summed E-state index contributed by atoms with van der Waals surface area (Å²) in [5.41, 5.74) is 3.00. The predicted molar refractivity (Wildman–Crippen MR) is 81.9 cm³/mol. The number of aromatic nitrogens is 3. The number of likely N-dealkylation sites (N-methyl/N-ethyl adjacent to an activating group) is 1. The van der Waals surface area contributed by atoms with Gasteiger partial charge in [0.15, 0.2) is 10.8 Å². The Labute approximate surface area is 131 Å². The van der Waals surface area contributed by atoms with E-state index in [9.17, 15) is 9.59 Å². The van der Waals surface area contributed by atoms with Crippen molar-refractivity contribution in [1.29, 1.82) is 0 Å². The number of anilines is 1. The van der Waals surface area contributed by atoms with Crippen molar-refractivity contribution in [3.8, 4) is 0 Å². The molecule has 2 heterocycles. The Morgan fingerprint density at radius 3 is 3.00 bits per heavy atom. The van der Waals surface area contributed by atoms with Crippen LogP contribution in [0, 0.1) is 0 Å². The van der Waals surface area contributed by atoms with Gasteiger partial charge in [-0.15, -0.1) is 16.4 Å². The molecule has 0 saturated carbocycles. The van der Waals surface area contributed by atoms with Gasteiger partial charge in [0.25, 0.3) is 5.91 Å². The summed E-state index contributed by atoms with van der Waals surface area (Å²) < 4.78 is 0. The van der Waals surface area contributed by atoms with Crippen LogP contribution < -0.4 is 10.6 Å². The van der Waals surface area contributed by atoms with Crippen molar-refractivity contribution >= 4 is 28.3 Å². The van der Waals surface area contributed by atoms with E-state index in [-0.39, 0.29) is 18.2 Å². The zero-order valence-electron chi connectivity index (χ0n) is 12.0. The fourth-order valence-corrected chi connectivity index (χ4v) is 3.00. The summed E-state index contributed by atoms with van der Waals surface area (Å²) in [6, 6.07) is 1.80. The molecule has 0 aliphatic heterocycles. The molecule has 0 spiro atoms. The Kier molecular flexibility index (Phi) is 4.10. The smallest absolute Gasteiger partial charge is 0.277 e. The minimum Gasteiger partial charge on any atom is -0.359 e. The second kappa shape index (κ2) is 6.18. The summed E-state index contributed by atoms with van der Waals surface area (Å²) in [6.07, 6.45) is 3.13. The number of nitrogens with one attached hydrogen (secondary N) is 2. The summed E-state index contributed by atoms with van der Waals surface area (Å²) in [5, 5.41) is 15.5. The van der Waals surface area contributed by atoms with Gasteiger partial charge in [-0.3, -0.25) is 14.9 Å². The molecule has 0 saturated heterocycles. The standard InChI is InChI=1S/C14H15N5O2S/c1-15-12(20)6-9-7-22-14(16-9)17-13(21)11-5-8-3-2-4-10(8)18-19-11/h5,7H,2-4,6H2,1H3,(H,15,20)(H,16,17,21). The number of carbonyl (C=O) groups is 2. The fourth-order valence-electron chi connectivity index (χ4n) is 2.30. The Morgan fingerprint density at radius 1 is 1.32 bits per heavy atom. The average Bonchev–Trinajstić information content (AvgIpc) is 3.15. The third kappa shape index (κ3) is 3.11. The lowest BCUT2D eigenvalue weighted by molar-refractivity contribution is -0.120. The molecular weight excluding hydrogens is 302 g/mol. The minimum absolute atomic E-state index is 0.118. The van der Waals surface area contributed by atoms with Crippen LogP contribution in [0.5, 0.6) is 0 Å². The van der Waals surface area contributed by atoms with Gasteiger partial charge in [-0.2, -0.15) is 5.10 Å². The summed E-state index contributed by atoms with van der Waals surface area (Å²) in [6.45, 7) is 0. The molecule has 0 unspecified atom stereocenters. The molecule has 3 rings (SSSR count). The third-order valence-electron chi connectivity index (χ3n) is 3.45. The number of hydrogen-bond acceptors (Lipinski definition) is 6. The van der Waals surface area contributed by atoms with E-state index in [1.807, 2.05) is 0 Å². The molecule has 2 aromatic heterocycles. The highest BCUT2D eigenvalue weighted by molar-refractivity contribution is 7.14. The molecule has 114 valence electrons. The lowest BCUT2D eigenvalue weighted by atomic mass is 10.2. The van der Waals surface area contributed by atoms with E-state index >= 15 is 0 Å². The van der Waals surface area contributed by atoms with Crippen molar-refractivity contribution in [2.75, 3.05) is 12.4 Å². The lowest BCUT2D eigenvalue weighted by Gasteiger charge is -2.02. The maximum absolute atomic E-state index is 12.2. The van der Waals surface area contributed by atoms with Crippen molar-refractivity contribution < 1.29 is 9.59 Å². The van der Waals surface area contributed by atoms with Crippen LogP contribution in [0.25, 0.3) is 0 Å². The molecule has 0 fully saturated rings. The van der Waals surface area contributed by atoms with Gasteiger partial charge in [-0.25, -0.2) is 4.98 Å². The van der Waals surface area contributed by atoms with E-state index < -0.39 is 0 Å². The monoisotopic (exact) mass is 317 g/mol. The number of carbonyl (C=O) groups excluding carboxylic acids is 2. The Morgan fingerprint density at radius 2 is 2.18 bits per heavy atom. The third-order valence-corrected chi connectivity index (χ3v) is 4.25. The van der Waals surface area contributed by atoms with Crippen molar-refractivity contribution in [2.24, 2.45) is 0 Å². The normalized spacial score (nSPS) is 12.8. The molecule has 2 amide bonds. The van der Waals surface area contributed by atoms with Crippen LogP contribution in [0.15, 0.2) is 11.4 Å². The first-order valence-corrected chi connectivity index (χ1v) is 7.85. The van der Waals surface area contributed by atoms with Gasteiger partial charge >= 0.3 is 0 Å². The average molecular weight is 317 g/mol. The van der Waals surface area contributed by atoms with E-state index in [4.69, 9.17) is 0 Å². The van der Waals surface area contributed by atoms with Gasteiger partial charge in [-0.1, -0.05) is 0 Å². The zero-order chi connectivity index (χ0) is 15.5. The summed E-state index contributed by atoms with van der Waals surface area (Å²) in [7, 11) is 1.57. The molecule has 2 N–H and O–H groups in total. The highest BCUT2D eigenvalue weighted by Gasteiger charge is 2.17. The largest absolute Gasteiger partial charge is 0.359 e. The van der Waals surface area contributed by atoms with E-state index in [1.54, 1.807) is 18.5 Å². The van der Waals surface area contributed by atoms with Crippen LogP contribution in [-0.4, -0.2) is 34.0 Å². The van der Waals surface area contributed by atoms with Gasteiger partial charge < -0.3 is 5.32 Å². The van der Waals surface area contributed by atoms with Crippen LogP contribution in [0.1, 0.15) is 33.9 Å². The molecule has 0 bridgehead atoms. The summed E-state index contributed by atoms with van der Waals surface area (Å²) in [5.74, 6) is -0.448.